The largest absolute Gasteiger partial charge is 0.318 e. The minimum Gasteiger partial charge on any atom is -0.318 e. The normalized spacial score (nSPS) is 10.9. The van der Waals surface area contributed by atoms with Crippen LogP contribution >= 0.6 is 0 Å². The molecule has 8 heteroatoms. The molecule has 3 aromatic heterocycles. The summed E-state index contributed by atoms with van der Waals surface area (Å²) >= 11 is 0. The number of aryl methyl sites for hydroxylation is 2. The Hall–Kier alpha value is -3.94. The van der Waals surface area contributed by atoms with Gasteiger partial charge < -0.3 is 8.97 Å². The molecule has 2 N–H and O–H groups in total. The van der Waals surface area contributed by atoms with Gasteiger partial charge in [0.05, 0.1) is 5.56 Å². The zero-order valence-corrected chi connectivity index (χ0v) is 16.7. The topological polar surface area (TPSA) is 80.4 Å². The summed E-state index contributed by atoms with van der Waals surface area (Å²) in [6, 6.07) is 11.5. The molecule has 0 saturated heterocycles. The van der Waals surface area contributed by atoms with Gasteiger partial charge in [0.15, 0.2) is 0 Å². The molecule has 1 aromatic carbocycles. The molecule has 2 amide bonds. The lowest BCUT2D eigenvalue weighted by Crippen LogP contribution is -2.41. The van der Waals surface area contributed by atoms with Crippen molar-refractivity contribution in [1.82, 2.24) is 24.8 Å². The van der Waals surface area contributed by atoms with Gasteiger partial charge in [-0.05, 0) is 68.8 Å². The first-order valence-corrected chi connectivity index (χ1v) is 9.34. The maximum Gasteiger partial charge on any atom is 0.289 e. The number of benzene rings is 1. The van der Waals surface area contributed by atoms with Crippen molar-refractivity contribution in [2.75, 3.05) is 0 Å². The molecule has 0 aliphatic heterocycles. The summed E-state index contributed by atoms with van der Waals surface area (Å²) in [6.45, 7) is 5.58. The molecule has 0 saturated carbocycles. The Morgan fingerprint density at radius 3 is 2.40 bits per heavy atom. The molecule has 0 unspecified atom stereocenters. The number of nitrogens with zero attached hydrogens (tertiary/aromatic N) is 3. The third-order valence-electron chi connectivity index (χ3n) is 4.90. The molecule has 0 fully saturated rings. The van der Waals surface area contributed by atoms with Crippen LogP contribution in [0.1, 0.15) is 37.8 Å². The van der Waals surface area contributed by atoms with E-state index in [1.54, 1.807) is 35.7 Å². The van der Waals surface area contributed by atoms with E-state index in [2.05, 4.69) is 15.8 Å². The highest BCUT2D eigenvalue weighted by Gasteiger charge is 2.18. The van der Waals surface area contributed by atoms with Crippen molar-refractivity contribution in [2.24, 2.45) is 0 Å². The maximum atomic E-state index is 13.2. The van der Waals surface area contributed by atoms with E-state index in [1.807, 2.05) is 36.7 Å². The molecular formula is C22H20FN5O2. The van der Waals surface area contributed by atoms with Crippen LogP contribution in [0, 0.1) is 26.6 Å². The lowest BCUT2D eigenvalue weighted by Gasteiger charge is -2.10. The van der Waals surface area contributed by atoms with Gasteiger partial charge in [0, 0.05) is 29.5 Å². The van der Waals surface area contributed by atoms with Gasteiger partial charge in [0.1, 0.15) is 17.2 Å². The highest BCUT2D eigenvalue weighted by molar-refractivity contribution is 5.99. The molecule has 0 atom stereocenters. The van der Waals surface area contributed by atoms with E-state index in [1.165, 1.54) is 12.1 Å². The van der Waals surface area contributed by atoms with Crippen LogP contribution in [0.3, 0.4) is 0 Å². The minimum absolute atomic E-state index is 0.192. The summed E-state index contributed by atoms with van der Waals surface area (Å²) in [5, 5.41) is 0. The molecule has 30 heavy (non-hydrogen) atoms. The van der Waals surface area contributed by atoms with Crippen molar-refractivity contribution >= 4 is 17.5 Å². The first kappa shape index (κ1) is 19.4. The maximum absolute atomic E-state index is 13.2. The quantitative estimate of drug-likeness (QED) is 0.514. The number of imidazole rings is 1. The monoisotopic (exact) mass is 405 g/mol. The Morgan fingerprint density at radius 1 is 0.967 bits per heavy atom. The highest BCUT2D eigenvalue weighted by atomic mass is 19.1. The molecule has 0 bridgehead atoms. The fourth-order valence-electron chi connectivity index (χ4n) is 3.42. The Labute approximate surface area is 172 Å². The number of aromatic nitrogens is 3. The molecule has 0 aliphatic carbocycles. The Kier molecular flexibility index (Phi) is 4.83. The molecule has 0 aliphatic rings. The van der Waals surface area contributed by atoms with E-state index in [0.717, 1.165) is 16.9 Å². The first-order chi connectivity index (χ1) is 14.3. The van der Waals surface area contributed by atoms with Crippen LogP contribution in [0.5, 0.6) is 0 Å². The molecule has 0 spiro atoms. The fraction of sp³-hybridized carbons (Fsp3) is 0.136. The Morgan fingerprint density at radius 2 is 1.67 bits per heavy atom. The first-order valence-electron chi connectivity index (χ1n) is 9.34. The summed E-state index contributed by atoms with van der Waals surface area (Å²) in [4.78, 5) is 29.3. The summed E-state index contributed by atoms with van der Waals surface area (Å²) in [7, 11) is 0. The van der Waals surface area contributed by atoms with Crippen molar-refractivity contribution in [3.63, 3.8) is 0 Å². The van der Waals surface area contributed by atoms with Crippen LogP contribution < -0.4 is 10.9 Å². The van der Waals surface area contributed by atoms with Crippen LogP contribution in [-0.4, -0.2) is 25.8 Å². The number of nitrogens with one attached hydrogen (secondary N) is 2. The van der Waals surface area contributed by atoms with E-state index in [0.29, 0.717) is 16.9 Å². The lowest BCUT2D eigenvalue weighted by atomic mass is 10.2. The molecule has 152 valence electrons. The average molecular weight is 405 g/mol. The number of fused-ring (bicyclic) bond motifs is 1. The van der Waals surface area contributed by atoms with Gasteiger partial charge in [-0.2, -0.15) is 0 Å². The SMILES string of the molecule is Cc1ccn2cc(C(=O)NNC(=O)c3cc(C)n(-c4ccc(F)cc4)c3C)nc2c1. The standard InChI is InChI=1S/C22H20FN5O2/c1-13-8-9-27-12-19(24-20(27)10-13)22(30)26-25-21(29)18-11-14(2)28(15(18)3)17-6-4-16(23)5-7-17/h4-12H,1-3H3,(H,25,29)(H,26,30). The van der Waals surface area contributed by atoms with Crippen LogP contribution in [-0.2, 0) is 0 Å². The van der Waals surface area contributed by atoms with Crippen molar-refractivity contribution in [3.8, 4) is 5.69 Å². The molecule has 4 rings (SSSR count). The minimum atomic E-state index is -0.517. The Balaban J connectivity index is 1.50. The van der Waals surface area contributed by atoms with Crippen LogP contribution in [0.4, 0.5) is 4.39 Å². The second kappa shape index (κ2) is 7.47. The number of hydrogen-bond acceptors (Lipinski definition) is 3. The van der Waals surface area contributed by atoms with E-state index in [9.17, 15) is 14.0 Å². The van der Waals surface area contributed by atoms with Gasteiger partial charge in [0.25, 0.3) is 11.8 Å². The number of carbonyl (C=O) groups excluding carboxylic acids is 2. The van der Waals surface area contributed by atoms with Gasteiger partial charge in [-0.3, -0.25) is 20.4 Å². The van der Waals surface area contributed by atoms with Gasteiger partial charge in [-0.25, -0.2) is 9.37 Å². The molecule has 7 nitrogen and oxygen atoms in total. The third kappa shape index (κ3) is 3.55. The van der Waals surface area contributed by atoms with E-state index in [4.69, 9.17) is 0 Å². The van der Waals surface area contributed by atoms with E-state index < -0.39 is 11.8 Å². The molecular weight excluding hydrogens is 385 g/mol. The smallest absolute Gasteiger partial charge is 0.289 e. The van der Waals surface area contributed by atoms with Crippen molar-refractivity contribution in [3.05, 3.63) is 88.9 Å². The van der Waals surface area contributed by atoms with Crippen LogP contribution in [0.25, 0.3) is 11.3 Å². The number of hydrazine groups is 1. The van der Waals surface area contributed by atoms with Crippen molar-refractivity contribution in [1.29, 1.82) is 0 Å². The number of pyridine rings is 1. The third-order valence-corrected chi connectivity index (χ3v) is 4.90. The van der Waals surface area contributed by atoms with Crippen molar-refractivity contribution < 1.29 is 14.0 Å². The van der Waals surface area contributed by atoms with E-state index >= 15 is 0 Å². The molecule has 4 aromatic rings. The predicted molar refractivity (Wildman–Crippen MR) is 110 cm³/mol. The molecule has 0 radical (unpaired) electrons. The number of halogens is 1. The van der Waals surface area contributed by atoms with E-state index in [-0.39, 0.29) is 11.5 Å². The number of carbonyl (C=O) groups is 2. The summed E-state index contributed by atoms with van der Waals surface area (Å²) in [5.41, 5.74) is 9.35. The Bertz CT molecular complexity index is 1270. The summed E-state index contributed by atoms with van der Waals surface area (Å²) < 4.78 is 16.8. The second-order valence-corrected chi connectivity index (χ2v) is 7.10. The average Bonchev–Trinajstić information content (AvgIpc) is 3.27. The second-order valence-electron chi connectivity index (χ2n) is 7.10. The zero-order chi connectivity index (χ0) is 21.4. The van der Waals surface area contributed by atoms with Gasteiger partial charge in [-0.1, -0.05) is 0 Å². The van der Waals surface area contributed by atoms with Gasteiger partial charge in [0.2, 0.25) is 0 Å². The van der Waals surface area contributed by atoms with Gasteiger partial charge in [-0.15, -0.1) is 0 Å². The predicted octanol–water partition coefficient (Wildman–Crippen LogP) is 3.26. The van der Waals surface area contributed by atoms with Crippen LogP contribution in [0.2, 0.25) is 0 Å². The summed E-state index contributed by atoms with van der Waals surface area (Å²) in [6.07, 6.45) is 3.41. The number of amides is 2. The van der Waals surface area contributed by atoms with Crippen LogP contribution in [0.15, 0.2) is 54.9 Å². The number of hydrogen-bond donors (Lipinski definition) is 2. The fourth-order valence-corrected chi connectivity index (χ4v) is 3.42. The lowest BCUT2D eigenvalue weighted by molar-refractivity contribution is 0.0844. The summed E-state index contributed by atoms with van der Waals surface area (Å²) in [5.74, 6) is -1.30. The number of rotatable bonds is 3. The molecule has 3 heterocycles. The van der Waals surface area contributed by atoms with Gasteiger partial charge >= 0.3 is 0 Å². The highest BCUT2D eigenvalue weighted by Crippen LogP contribution is 2.21. The van der Waals surface area contributed by atoms with Crippen molar-refractivity contribution in [2.45, 2.75) is 20.8 Å². The zero-order valence-electron chi connectivity index (χ0n) is 16.7.